The van der Waals surface area contributed by atoms with Crippen molar-refractivity contribution in [3.05, 3.63) is 94.5 Å². The zero-order valence-electron chi connectivity index (χ0n) is 17.5. The summed E-state index contributed by atoms with van der Waals surface area (Å²) in [6.45, 7) is 2.75. The van der Waals surface area contributed by atoms with Crippen LogP contribution in [0.25, 0.3) is 0 Å². The van der Waals surface area contributed by atoms with Gasteiger partial charge in [-0.15, -0.1) is 0 Å². The number of carbonyl (C=O) groups excluding carboxylic acids is 1. The fraction of sp³-hybridized carbons (Fsp3) is 0.208. The Hall–Kier alpha value is -2.71. The summed E-state index contributed by atoms with van der Waals surface area (Å²) in [5.74, 6) is -0.492. The Bertz CT molecular complexity index is 1160. The Kier molecular flexibility index (Phi) is 8.04. The van der Waals surface area contributed by atoms with Gasteiger partial charge >= 0.3 is 5.97 Å². The maximum absolute atomic E-state index is 12.9. The standard InChI is InChI=1S/C24H24ClNO5S/c1-2-31-24(28)18-8-12-22(13-9-18)32(29,30)21-10-6-17(7-11-21)15-26-16-23(27)19-4-3-5-20(25)14-19/h3-14,23,26-27H,2,15-16H2,1H3/t23-/m0/s1. The first-order valence-corrected chi connectivity index (χ1v) is 11.9. The number of esters is 1. The van der Waals surface area contributed by atoms with Crippen LogP contribution in [0, 0.1) is 0 Å². The highest BCUT2D eigenvalue weighted by Gasteiger charge is 2.18. The summed E-state index contributed by atoms with van der Waals surface area (Å²) < 4.78 is 30.6. The fourth-order valence-corrected chi connectivity index (χ4v) is 4.55. The number of halogens is 1. The molecule has 6 nitrogen and oxygen atoms in total. The van der Waals surface area contributed by atoms with E-state index in [9.17, 15) is 18.3 Å². The Morgan fingerprint density at radius 3 is 2.25 bits per heavy atom. The van der Waals surface area contributed by atoms with Gasteiger partial charge in [0.1, 0.15) is 0 Å². The minimum Gasteiger partial charge on any atom is -0.462 e. The minimum absolute atomic E-state index is 0.0982. The number of sulfone groups is 1. The van der Waals surface area contributed by atoms with Crippen molar-refractivity contribution in [3.63, 3.8) is 0 Å². The monoisotopic (exact) mass is 473 g/mol. The largest absolute Gasteiger partial charge is 0.462 e. The molecule has 0 aromatic heterocycles. The molecular formula is C24H24ClNO5S. The summed E-state index contributed by atoms with van der Waals surface area (Å²) in [5, 5.41) is 14.0. The van der Waals surface area contributed by atoms with E-state index < -0.39 is 21.9 Å². The van der Waals surface area contributed by atoms with E-state index in [2.05, 4.69) is 5.32 Å². The van der Waals surface area contributed by atoms with Gasteiger partial charge in [0.15, 0.2) is 0 Å². The third kappa shape index (κ3) is 5.95. The van der Waals surface area contributed by atoms with E-state index in [0.29, 0.717) is 23.7 Å². The highest BCUT2D eigenvalue weighted by molar-refractivity contribution is 7.91. The second-order valence-electron chi connectivity index (χ2n) is 7.09. The van der Waals surface area contributed by atoms with E-state index in [1.54, 1.807) is 55.5 Å². The summed E-state index contributed by atoms with van der Waals surface area (Å²) in [6.07, 6.45) is -0.703. The molecule has 3 rings (SSSR count). The molecule has 0 amide bonds. The van der Waals surface area contributed by atoms with Crippen molar-refractivity contribution in [2.75, 3.05) is 13.2 Å². The lowest BCUT2D eigenvalue weighted by Gasteiger charge is -2.13. The van der Waals surface area contributed by atoms with Crippen molar-refractivity contribution >= 4 is 27.4 Å². The Labute approximate surface area is 192 Å². The smallest absolute Gasteiger partial charge is 0.338 e. The lowest BCUT2D eigenvalue weighted by Crippen LogP contribution is -2.21. The van der Waals surface area contributed by atoms with Gasteiger partial charge in [0.2, 0.25) is 9.84 Å². The molecule has 0 saturated heterocycles. The van der Waals surface area contributed by atoms with Gasteiger partial charge in [-0.1, -0.05) is 35.9 Å². The van der Waals surface area contributed by atoms with E-state index in [-0.39, 0.29) is 16.4 Å². The number of hydrogen-bond donors (Lipinski definition) is 2. The molecular weight excluding hydrogens is 450 g/mol. The summed E-state index contributed by atoms with van der Waals surface area (Å²) in [5.41, 5.74) is 1.90. The SMILES string of the molecule is CCOC(=O)c1ccc(S(=O)(=O)c2ccc(CNC[C@H](O)c3cccc(Cl)c3)cc2)cc1. The second-order valence-corrected chi connectivity index (χ2v) is 9.48. The molecule has 0 unspecified atom stereocenters. The van der Waals surface area contributed by atoms with Gasteiger partial charge < -0.3 is 15.2 Å². The number of benzene rings is 3. The Morgan fingerprint density at radius 2 is 1.66 bits per heavy atom. The quantitative estimate of drug-likeness (QED) is 0.453. The fourth-order valence-electron chi connectivity index (χ4n) is 3.09. The van der Waals surface area contributed by atoms with Crippen LogP contribution in [0.2, 0.25) is 5.02 Å². The van der Waals surface area contributed by atoms with E-state index in [1.165, 1.54) is 24.3 Å². The molecule has 168 valence electrons. The van der Waals surface area contributed by atoms with Gasteiger partial charge in [0, 0.05) is 18.1 Å². The maximum Gasteiger partial charge on any atom is 0.338 e. The molecule has 32 heavy (non-hydrogen) atoms. The predicted molar refractivity (Wildman–Crippen MR) is 122 cm³/mol. The number of carbonyl (C=O) groups is 1. The normalized spacial score (nSPS) is 12.3. The summed E-state index contributed by atoms with van der Waals surface area (Å²) in [7, 11) is -3.71. The van der Waals surface area contributed by atoms with Crippen LogP contribution in [0.3, 0.4) is 0 Å². The summed E-state index contributed by atoms with van der Waals surface area (Å²) in [6, 6.07) is 19.2. The molecule has 2 N–H and O–H groups in total. The van der Waals surface area contributed by atoms with Crippen LogP contribution in [0.15, 0.2) is 82.6 Å². The first-order chi connectivity index (χ1) is 15.3. The number of aliphatic hydroxyl groups excluding tert-OH is 1. The molecule has 0 bridgehead atoms. The van der Waals surface area contributed by atoms with Crippen LogP contribution in [0.4, 0.5) is 0 Å². The Morgan fingerprint density at radius 1 is 1.03 bits per heavy atom. The third-order valence-electron chi connectivity index (χ3n) is 4.81. The average molecular weight is 474 g/mol. The van der Waals surface area contributed by atoms with Crippen LogP contribution in [0.5, 0.6) is 0 Å². The number of rotatable bonds is 9. The topological polar surface area (TPSA) is 92.7 Å². The van der Waals surface area contributed by atoms with Crippen molar-refractivity contribution in [2.45, 2.75) is 29.4 Å². The molecule has 0 spiro atoms. The van der Waals surface area contributed by atoms with Gasteiger partial charge in [-0.05, 0) is 66.6 Å². The number of hydrogen-bond acceptors (Lipinski definition) is 6. The Balaban J connectivity index is 1.61. The molecule has 3 aromatic rings. The van der Waals surface area contributed by atoms with Crippen molar-refractivity contribution in [1.82, 2.24) is 5.32 Å². The first kappa shape index (κ1) is 23.9. The molecule has 0 fully saturated rings. The average Bonchev–Trinajstić information content (AvgIpc) is 2.79. The van der Waals surface area contributed by atoms with E-state index in [1.807, 2.05) is 0 Å². The van der Waals surface area contributed by atoms with Gasteiger partial charge in [-0.2, -0.15) is 0 Å². The van der Waals surface area contributed by atoms with Crippen LogP contribution >= 0.6 is 11.6 Å². The molecule has 0 aliphatic rings. The van der Waals surface area contributed by atoms with Crippen molar-refractivity contribution in [3.8, 4) is 0 Å². The maximum atomic E-state index is 12.9. The van der Waals surface area contributed by atoms with Gasteiger partial charge in [-0.25, -0.2) is 13.2 Å². The first-order valence-electron chi connectivity index (χ1n) is 10.1. The number of nitrogens with one attached hydrogen (secondary N) is 1. The lowest BCUT2D eigenvalue weighted by molar-refractivity contribution is 0.0526. The number of aliphatic hydroxyl groups is 1. The van der Waals surface area contributed by atoms with Crippen molar-refractivity contribution < 1.29 is 23.1 Å². The zero-order chi connectivity index (χ0) is 23.1. The van der Waals surface area contributed by atoms with Crippen molar-refractivity contribution in [1.29, 1.82) is 0 Å². The van der Waals surface area contributed by atoms with Crippen molar-refractivity contribution in [2.24, 2.45) is 0 Å². The molecule has 0 saturated carbocycles. The highest BCUT2D eigenvalue weighted by Crippen LogP contribution is 2.22. The van der Waals surface area contributed by atoms with Crippen LogP contribution < -0.4 is 5.32 Å². The molecule has 0 heterocycles. The van der Waals surface area contributed by atoms with E-state index >= 15 is 0 Å². The van der Waals surface area contributed by atoms with Gasteiger partial charge in [-0.3, -0.25) is 0 Å². The molecule has 0 aliphatic heterocycles. The third-order valence-corrected chi connectivity index (χ3v) is 6.83. The molecule has 0 radical (unpaired) electrons. The van der Waals surface area contributed by atoms with Gasteiger partial charge in [0.25, 0.3) is 0 Å². The molecule has 0 aliphatic carbocycles. The lowest BCUT2D eigenvalue weighted by atomic mass is 10.1. The van der Waals surface area contributed by atoms with Crippen LogP contribution in [0.1, 0.15) is 34.5 Å². The van der Waals surface area contributed by atoms with Crippen LogP contribution in [-0.4, -0.2) is 32.6 Å². The van der Waals surface area contributed by atoms with Gasteiger partial charge in [0.05, 0.1) is 28.1 Å². The summed E-state index contributed by atoms with van der Waals surface area (Å²) >= 11 is 5.95. The van der Waals surface area contributed by atoms with Crippen LogP contribution in [-0.2, 0) is 21.1 Å². The molecule has 1 atom stereocenters. The zero-order valence-corrected chi connectivity index (χ0v) is 19.1. The molecule has 8 heteroatoms. The number of ether oxygens (including phenoxy) is 1. The van der Waals surface area contributed by atoms with E-state index in [0.717, 1.165) is 11.1 Å². The minimum atomic E-state index is -3.71. The predicted octanol–water partition coefficient (Wildman–Crippen LogP) is 4.17. The second kappa shape index (κ2) is 10.7. The highest BCUT2D eigenvalue weighted by atomic mass is 35.5. The summed E-state index contributed by atoms with van der Waals surface area (Å²) in [4.78, 5) is 12.0. The van der Waals surface area contributed by atoms with E-state index in [4.69, 9.17) is 16.3 Å². The molecule has 3 aromatic carbocycles.